The van der Waals surface area contributed by atoms with Crippen molar-refractivity contribution in [1.29, 1.82) is 0 Å². The number of likely N-dealkylation sites (tertiary alicyclic amines) is 1. The van der Waals surface area contributed by atoms with Gasteiger partial charge in [-0.15, -0.1) is 0 Å². The molecule has 0 aliphatic carbocycles. The summed E-state index contributed by atoms with van der Waals surface area (Å²) < 4.78 is 0. The molecule has 0 aromatic heterocycles. The summed E-state index contributed by atoms with van der Waals surface area (Å²) >= 11 is 6.08. The summed E-state index contributed by atoms with van der Waals surface area (Å²) in [6, 6.07) is 4.38. The highest BCUT2D eigenvalue weighted by atomic mass is 35.5. The molecule has 1 aliphatic heterocycles. The molecule has 0 bridgehead atoms. The number of carbonyl (C=O) groups is 2. The quantitative estimate of drug-likeness (QED) is 0.786. The number of hydrogen-bond acceptors (Lipinski definition) is 3. The molecule has 6 heteroatoms. The van der Waals surface area contributed by atoms with Gasteiger partial charge in [0.15, 0.2) is 0 Å². The highest BCUT2D eigenvalue weighted by Gasteiger charge is 2.30. The fourth-order valence-corrected chi connectivity index (χ4v) is 2.33. The molecule has 1 unspecified atom stereocenters. The van der Waals surface area contributed by atoms with Gasteiger partial charge in [-0.3, -0.25) is 9.59 Å². The second-order valence-electron chi connectivity index (χ2n) is 4.78. The summed E-state index contributed by atoms with van der Waals surface area (Å²) in [4.78, 5) is 25.5. The Bertz CT molecular complexity index is 634. The smallest absolute Gasteiger partial charge is 0.251 e. The van der Waals surface area contributed by atoms with Gasteiger partial charge in [-0.2, -0.15) is 0 Å². The molecule has 1 heterocycles. The highest BCUT2D eigenvalue weighted by molar-refractivity contribution is 6.32. The van der Waals surface area contributed by atoms with Gasteiger partial charge in [0.05, 0.1) is 11.6 Å². The zero-order valence-corrected chi connectivity index (χ0v) is 12.4. The molecule has 1 atom stereocenters. The van der Waals surface area contributed by atoms with Gasteiger partial charge in [-0.05, 0) is 24.6 Å². The van der Waals surface area contributed by atoms with E-state index < -0.39 is 6.04 Å². The monoisotopic (exact) mass is 305 g/mol. The van der Waals surface area contributed by atoms with Crippen molar-refractivity contribution in [2.75, 3.05) is 20.1 Å². The molecule has 5 nitrogen and oxygen atoms in total. The molecule has 1 fully saturated rings. The lowest BCUT2D eigenvalue weighted by Gasteiger charge is -2.12. The molecular formula is C15H16ClN3O2. The molecule has 2 rings (SSSR count). The Morgan fingerprint density at radius 3 is 2.90 bits per heavy atom. The molecule has 1 aromatic rings. The van der Waals surface area contributed by atoms with Crippen LogP contribution in [0.2, 0.25) is 5.02 Å². The van der Waals surface area contributed by atoms with Gasteiger partial charge in [0.25, 0.3) is 5.91 Å². The van der Waals surface area contributed by atoms with Crippen molar-refractivity contribution in [2.24, 2.45) is 5.73 Å². The Kier molecular flexibility index (Phi) is 4.84. The van der Waals surface area contributed by atoms with E-state index >= 15 is 0 Å². The number of nitrogens with two attached hydrogens (primary N) is 1. The predicted octanol–water partition coefficient (Wildman–Crippen LogP) is 0.611. The van der Waals surface area contributed by atoms with E-state index in [1.165, 1.54) is 0 Å². The third-order valence-electron chi connectivity index (χ3n) is 3.29. The van der Waals surface area contributed by atoms with Gasteiger partial charge in [0.2, 0.25) is 5.91 Å². The van der Waals surface area contributed by atoms with E-state index in [1.807, 2.05) is 0 Å². The van der Waals surface area contributed by atoms with E-state index in [0.29, 0.717) is 29.1 Å². The maximum Gasteiger partial charge on any atom is 0.251 e. The Balaban J connectivity index is 2.10. The van der Waals surface area contributed by atoms with Crippen LogP contribution in [0.1, 0.15) is 22.3 Å². The van der Waals surface area contributed by atoms with Gasteiger partial charge in [-0.25, -0.2) is 0 Å². The zero-order valence-electron chi connectivity index (χ0n) is 11.6. The fourth-order valence-electron chi connectivity index (χ4n) is 2.10. The van der Waals surface area contributed by atoms with Crippen LogP contribution in [0.15, 0.2) is 18.2 Å². The molecule has 0 saturated carbocycles. The van der Waals surface area contributed by atoms with E-state index in [-0.39, 0.29) is 18.4 Å². The molecule has 21 heavy (non-hydrogen) atoms. The van der Waals surface area contributed by atoms with Gasteiger partial charge in [0.1, 0.15) is 6.04 Å². The lowest BCUT2D eigenvalue weighted by atomic mass is 10.1. The minimum Gasteiger partial charge on any atom is -0.344 e. The SMILES string of the molecule is CN1CCC(NC(=O)c2ccc(C#CCN)c(Cl)c2)C1=O. The number of amides is 2. The molecular weight excluding hydrogens is 290 g/mol. The topological polar surface area (TPSA) is 75.4 Å². The standard InChI is InChI=1S/C15H16ClN3O2/c1-19-8-6-13(15(19)21)18-14(20)11-5-4-10(3-2-7-17)12(16)9-11/h4-5,9,13H,6-8,17H2,1H3,(H,18,20). The zero-order chi connectivity index (χ0) is 15.4. The minimum absolute atomic E-state index is 0.0696. The number of nitrogens with zero attached hydrogens (tertiary/aromatic N) is 1. The number of carbonyl (C=O) groups excluding carboxylic acids is 2. The van der Waals surface area contributed by atoms with Gasteiger partial charge < -0.3 is 16.0 Å². The summed E-state index contributed by atoms with van der Waals surface area (Å²) in [5.74, 6) is 5.15. The Morgan fingerprint density at radius 1 is 1.57 bits per heavy atom. The summed E-state index contributed by atoms with van der Waals surface area (Å²) in [5, 5.41) is 3.11. The molecule has 110 valence electrons. The van der Waals surface area contributed by atoms with Crippen molar-refractivity contribution >= 4 is 23.4 Å². The molecule has 1 aliphatic rings. The summed E-state index contributed by atoms with van der Waals surface area (Å²) in [7, 11) is 1.72. The number of nitrogens with one attached hydrogen (secondary N) is 1. The first-order valence-electron chi connectivity index (χ1n) is 6.57. The van der Waals surface area contributed by atoms with Crippen molar-refractivity contribution in [3.8, 4) is 11.8 Å². The van der Waals surface area contributed by atoms with Gasteiger partial charge >= 0.3 is 0 Å². The number of hydrogen-bond donors (Lipinski definition) is 2. The number of benzene rings is 1. The van der Waals surface area contributed by atoms with Crippen LogP contribution in [0.3, 0.4) is 0 Å². The van der Waals surface area contributed by atoms with Crippen LogP contribution in [0.5, 0.6) is 0 Å². The van der Waals surface area contributed by atoms with Crippen LogP contribution in [0.4, 0.5) is 0 Å². The highest BCUT2D eigenvalue weighted by Crippen LogP contribution is 2.17. The first-order chi connectivity index (χ1) is 10.0. The second kappa shape index (κ2) is 6.61. The summed E-state index contributed by atoms with van der Waals surface area (Å²) in [6.45, 7) is 0.897. The van der Waals surface area contributed by atoms with Gasteiger partial charge in [0, 0.05) is 24.7 Å². The Hall–Kier alpha value is -2.03. The molecule has 1 saturated heterocycles. The first-order valence-corrected chi connectivity index (χ1v) is 6.95. The average molecular weight is 306 g/mol. The van der Waals surface area contributed by atoms with Crippen molar-refractivity contribution in [3.05, 3.63) is 34.3 Å². The minimum atomic E-state index is -0.460. The third kappa shape index (κ3) is 3.54. The molecule has 3 N–H and O–H groups in total. The number of halogens is 1. The predicted molar refractivity (Wildman–Crippen MR) is 80.9 cm³/mol. The lowest BCUT2D eigenvalue weighted by molar-refractivity contribution is -0.128. The van der Waals surface area contributed by atoms with Crippen molar-refractivity contribution in [3.63, 3.8) is 0 Å². The van der Waals surface area contributed by atoms with Crippen molar-refractivity contribution in [1.82, 2.24) is 10.2 Å². The summed E-state index contributed by atoms with van der Waals surface area (Å²) in [6.07, 6.45) is 0.620. The van der Waals surface area contributed by atoms with E-state index in [2.05, 4.69) is 17.2 Å². The normalized spacial score (nSPS) is 17.4. The molecule has 2 amide bonds. The lowest BCUT2D eigenvalue weighted by Crippen LogP contribution is -2.40. The Morgan fingerprint density at radius 2 is 2.33 bits per heavy atom. The van der Waals surface area contributed by atoms with Crippen LogP contribution in [0.25, 0.3) is 0 Å². The number of likely N-dealkylation sites (N-methyl/N-ethyl adjacent to an activating group) is 1. The van der Waals surface area contributed by atoms with Crippen LogP contribution < -0.4 is 11.1 Å². The maximum atomic E-state index is 12.1. The first kappa shape index (κ1) is 15.4. The van der Waals surface area contributed by atoms with E-state index in [0.717, 1.165) is 0 Å². The number of rotatable bonds is 2. The Labute approximate surface area is 128 Å². The van der Waals surface area contributed by atoms with Gasteiger partial charge in [-0.1, -0.05) is 23.4 Å². The van der Waals surface area contributed by atoms with Crippen molar-refractivity contribution < 1.29 is 9.59 Å². The third-order valence-corrected chi connectivity index (χ3v) is 3.60. The van der Waals surface area contributed by atoms with E-state index in [4.69, 9.17) is 17.3 Å². The second-order valence-corrected chi connectivity index (χ2v) is 5.18. The molecule has 0 radical (unpaired) electrons. The summed E-state index contributed by atoms with van der Waals surface area (Å²) in [5.41, 5.74) is 6.33. The van der Waals surface area contributed by atoms with Crippen LogP contribution in [0, 0.1) is 11.8 Å². The maximum absolute atomic E-state index is 12.1. The molecule has 1 aromatic carbocycles. The van der Waals surface area contributed by atoms with E-state index in [9.17, 15) is 9.59 Å². The van der Waals surface area contributed by atoms with Crippen molar-refractivity contribution in [2.45, 2.75) is 12.5 Å². The van der Waals surface area contributed by atoms with E-state index in [1.54, 1.807) is 30.1 Å². The molecule has 0 spiro atoms. The van der Waals surface area contributed by atoms with Crippen LogP contribution in [-0.4, -0.2) is 42.9 Å². The largest absolute Gasteiger partial charge is 0.344 e. The van der Waals surface area contributed by atoms with Crippen LogP contribution in [-0.2, 0) is 4.79 Å². The average Bonchev–Trinajstić information content (AvgIpc) is 2.78. The van der Waals surface area contributed by atoms with Crippen LogP contribution >= 0.6 is 11.6 Å². The fraction of sp³-hybridized carbons (Fsp3) is 0.333.